The molecule has 1 aromatic carbocycles. The highest BCUT2D eigenvalue weighted by atomic mass is 32.2. The Bertz CT molecular complexity index is 1730. The Morgan fingerprint density at radius 1 is 0.952 bits per heavy atom. The molecule has 1 amide bonds. The number of likely N-dealkylation sites (tertiary alicyclic amines) is 1. The van der Waals surface area contributed by atoms with E-state index in [0.29, 0.717) is 47.8 Å². The lowest BCUT2D eigenvalue weighted by atomic mass is 9.90. The zero-order chi connectivity index (χ0) is 29.3. The monoisotopic (exact) mass is 607 g/mol. The van der Waals surface area contributed by atoms with Crippen molar-refractivity contribution in [3.05, 3.63) is 75.9 Å². The number of benzene rings is 1. The second kappa shape index (κ2) is 11.9. The van der Waals surface area contributed by atoms with Gasteiger partial charge in [-0.1, -0.05) is 30.3 Å². The molecular formula is C29H33N7O4S2. The molecule has 2 aliphatic rings. The topological polar surface area (TPSA) is 122 Å². The minimum absolute atomic E-state index is 0.00654. The van der Waals surface area contributed by atoms with Gasteiger partial charge in [0.15, 0.2) is 0 Å². The Hall–Kier alpha value is -3.68. The standard InChI is InChI=1S/C29H33N7O4S2/c1-21-26(42(39,40)36-16-14-34(15-17-36)29-30-10-5-11-31-29)25-27(41-21)32-20-35(28(25)38)19-24(37)33-12-8-23(9-13-33)18-22-6-3-2-4-7-22/h2-7,10-11,20,23H,8-9,12-19H2,1H3. The molecule has 0 spiro atoms. The Morgan fingerprint density at radius 2 is 1.64 bits per heavy atom. The molecule has 42 heavy (non-hydrogen) atoms. The van der Waals surface area contributed by atoms with Crippen molar-refractivity contribution in [3.63, 3.8) is 0 Å². The van der Waals surface area contributed by atoms with E-state index in [1.54, 1.807) is 30.3 Å². The van der Waals surface area contributed by atoms with Crippen LogP contribution >= 0.6 is 11.3 Å². The van der Waals surface area contributed by atoms with Gasteiger partial charge >= 0.3 is 0 Å². The van der Waals surface area contributed by atoms with E-state index in [-0.39, 0.29) is 35.8 Å². The number of carbonyl (C=O) groups is 1. The number of hydrogen-bond acceptors (Lipinski definition) is 9. The summed E-state index contributed by atoms with van der Waals surface area (Å²) in [4.78, 5) is 44.4. The lowest BCUT2D eigenvalue weighted by molar-refractivity contribution is -0.133. The van der Waals surface area contributed by atoms with E-state index < -0.39 is 15.6 Å². The normalized spacial score (nSPS) is 17.2. The molecule has 0 saturated carbocycles. The van der Waals surface area contributed by atoms with Gasteiger partial charge in [-0.25, -0.2) is 23.4 Å². The van der Waals surface area contributed by atoms with Crippen LogP contribution in [0.5, 0.6) is 0 Å². The van der Waals surface area contributed by atoms with Gasteiger partial charge in [0.1, 0.15) is 16.3 Å². The first kappa shape index (κ1) is 28.4. The van der Waals surface area contributed by atoms with Gasteiger partial charge in [-0.2, -0.15) is 4.31 Å². The average molecular weight is 608 g/mol. The Kier molecular flexibility index (Phi) is 8.06. The Labute approximate surface area is 248 Å². The number of amides is 1. The molecule has 0 bridgehead atoms. The number of sulfonamides is 1. The van der Waals surface area contributed by atoms with Crippen molar-refractivity contribution < 1.29 is 13.2 Å². The summed E-state index contributed by atoms with van der Waals surface area (Å²) in [5.74, 6) is 0.914. The zero-order valence-corrected chi connectivity index (χ0v) is 25.1. The summed E-state index contributed by atoms with van der Waals surface area (Å²) in [7, 11) is -3.97. The second-order valence-electron chi connectivity index (χ2n) is 10.8. The summed E-state index contributed by atoms with van der Waals surface area (Å²) in [6, 6.07) is 12.1. The van der Waals surface area contributed by atoms with Gasteiger partial charge < -0.3 is 9.80 Å². The maximum absolute atomic E-state index is 13.9. The summed E-state index contributed by atoms with van der Waals surface area (Å²) in [6.07, 6.45) is 7.47. The van der Waals surface area contributed by atoms with Gasteiger partial charge in [0.25, 0.3) is 5.56 Å². The minimum Gasteiger partial charge on any atom is -0.341 e. The molecule has 4 aromatic rings. The number of rotatable bonds is 7. The predicted octanol–water partition coefficient (Wildman–Crippen LogP) is 2.55. The van der Waals surface area contributed by atoms with E-state index in [9.17, 15) is 18.0 Å². The molecule has 6 rings (SSSR count). The molecule has 220 valence electrons. The van der Waals surface area contributed by atoms with Crippen molar-refractivity contribution in [1.82, 2.24) is 28.7 Å². The number of carbonyl (C=O) groups excluding carboxylic acids is 1. The van der Waals surface area contributed by atoms with Crippen LogP contribution in [0.4, 0.5) is 5.95 Å². The van der Waals surface area contributed by atoms with E-state index in [0.717, 1.165) is 19.3 Å². The molecule has 13 heteroatoms. The van der Waals surface area contributed by atoms with Gasteiger partial charge in [-0.3, -0.25) is 14.2 Å². The highest BCUT2D eigenvalue weighted by Crippen LogP contribution is 2.33. The second-order valence-corrected chi connectivity index (χ2v) is 13.9. The number of piperazine rings is 1. The number of piperidine rings is 1. The maximum atomic E-state index is 13.9. The number of anilines is 1. The zero-order valence-electron chi connectivity index (χ0n) is 23.4. The van der Waals surface area contributed by atoms with Gasteiger partial charge in [0, 0.05) is 56.5 Å². The Balaban J connectivity index is 1.16. The van der Waals surface area contributed by atoms with Crippen molar-refractivity contribution in [1.29, 1.82) is 0 Å². The molecule has 3 aromatic heterocycles. The molecule has 0 aliphatic carbocycles. The van der Waals surface area contributed by atoms with Crippen LogP contribution in [0.3, 0.4) is 0 Å². The molecule has 11 nitrogen and oxygen atoms in total. The van der Waals surface area contributed by atoms with Crippen LogP contribution in [0.1, 0.15) is 23.3 Å². The SMILES string of the molecule is Cc1sc2ncn(CC(=O)N3CCC(Cc4ccccc4)CC3)c(=O)c2c1S(=O)(=O)N1CCN(c2ncccn2)CC1. The van der Waals surface area contributed by atoms with Gasteiger partial charge in [0.2, 0.25) is 21.9 Å². The fourth-order valence-corrected chi connectivity index (χ4v) is 8.92. The predicted molar refractivity (Wildman–Crippen MR) is 161 cm³/mol. The number of aromatic nitrogens is 4. The summed E-state index contributed by atoms with van der Waals surface area (Å²) < 4.78 is 30.4. The smallest absolute Gasteiger partial charge is 0.263 e. The van der Waals surface area contributed by atoms with Crippen LogP contribution in [-0.4, -0.2) is 82.3 Å². The van der Waals surface area contributed by atoms with Crippen molar-refractivity contribution in [2.24, 2.45) is 5.92 Å². The van der Waals surface area contributed by atoms with Crippen LogP contribution in [-0.2, 0) is 27.8 Å². The molecule has 0 atom stereocenters. The van der Waals surface area contributed by atoms with Crippen LogP contribution in [0.2, 0.25) is 0 Å². The summed E-state index contributed by atoms with van der Waals surface area (Å²) in [5, 5.41) is 0.0585. The van der Waals surface area contributed by atoms with Crippen LogP contribution < -0.4 is 10.5 Å². The van der Waals surface area contributed by atoms with Crippen LogP contribution in [0, 0.1) is 12.8 Å². The lowest BCUT2D eigenvalue weighted by Crippen LogP contribution is -2.49. The quantitative estimate of drug-likeness (QED) is 0.314. The van der Waals surface area contributed by atoms with Gasteiger partial charge in [-0.05, 0) is 43.7 Å². The first-order valence-corrected chi connectivity index (χ1v) is 16.4. The first-order valence-electron chi connectivity index (χ1n) is 14.1. The fraction of sp³-hybridized carbons (Fsp3) is 0.414. The molecule has 2 saturated heterocycles. The molecule has 0 unspecified atom stereocenters. The lowest BCUT2D eigenvalue weighted by Gasteiger charge is -2.33. The van der Waals surface area contributed by atoms with E-state index in [4.69, 9.17) is 0 Å². The summed E-state index contributed by atoms with van der Waals surface area (Å²) in [5.41, 5.74) is 0.795. The van der Waals surface area contributed by atoms with E-state index in [2.05, 4.69) is 27.1 Å². The highest BCUT2D eigenvalue weighted by molar-refractivity contribution is 7.89. The van der Waals surface area contributed by atoms with Crippen LogP contribution in [0.15, 0.2) is 64.8 Å². The average Bonchev–Trinajstić information content (AvgIpc) is 3.37. The van der Waals surface area contributed by atoms with E-state index >= 15 is 0 Å². The number of fused-ring (bicyclic) bond motifs is 1. The molecule has 0 N–H and O–H groups in total. The summed E-state index contributed by atoms with van der Waals surface area (Å²) >= 11 is 1.18. The third-order valence-electron chi connectivity index (χ3n) is 8.11. The number of nitrogens with zero attached hydrogens (tertiary/aromatic N) is 7. The molecule has 2 fully saturated rings. The van der Waals surface area contributed by atoms with Crippen molar-refractivity contribution in [2.45, 2.75) is 37.6 Å². The van der Waals surface area contributed by atoms with Crippen LogP contribution in [0.25, 0.3) is 10.2 Å². The van der Waals surface area contributed by atoms with Crippen molar-refractivity contribution in [2.75, 3.05) is 44.2 Å². The third-order valence-corrected chi connectivity index (χ3v) is 11.3. The van der Waals surface area contributed by atoms with E-state index in [1.165, 1.54) is 32.1 Å². The number of aryl methyl sites for hydroxylation is 1. The Morgan fingerprint density at radius 3 is 2.33 bits per heavy atom. The van der Waals surface area contributed by atoms with Gasteiger partial charge in [-0.15, -0.1) is 11.3 Å². The number of hydrogen-bond donors (Lipinski definition) is 0. The van der Waals surface area contributed by atoms with Gasteiger partial charge in [0.05, 0.1) is 11.7 Å². The molecule has 0 radical (unpaired) electrons. The van der Waals surface area contributed by atoms with Crippen molar-refractivity contribution >= 4 is 43.4 Å². The third kappa shape index (κ3) is 5.68. The first-order chi connectivity index (χ1) is 20.3. The molecule has 5 heterocycles. The fourth-order valence-electron chi connectivity index (χ4n) is 5.83. The van der Waals surface area contributed by atoms with E-state index in [1.807, 2.05) is 23.1 Å². The number of thiophene rings is 1. The molecular weight excluding hydrogens is 574 g/mol. The largest absolute Gasteiger partial charge is 0.341 e. The maximum Gasteiger partial charge on any atom is 0.263 e. The minimum atomic E-state index is -3.97. The summed E-state index contributed by atoms with van der Waals surface area (Å²) in [6.45, 7) is 4.15. The highest BCUT2D eigenvalue weighted by Gasteiger charge is 2.34. The van der Waals surface area contributed by atoms with Crippen molar-refractivity contribution in [3.8, 4) is 0 Å². The molecule has 2 aliphatic heterocycles.